The van der Waals surface area contributed by atoms with Crippen LogP contribution in [0.2, 0.25) is 0 Å². The van der Waals surface area contributed by atoms with E-state index in [0.717, 1.165) is 22.2 Å². The minimum absolute atomic E-state index is 0.284. The molecule has 0 spiro atoms. The molecule has 0 radical (unpaired) electrons. The number of aromatic nitrogens is 1. The number of hydrogen-bond donors (Lipinski definition) is 3. The van der Waals surface area contributed by atoms with E-state index >= 15 is 0 Å². The highest BCUT2D eigenvalue weighted by Crippen LogP contribution is 2.31. The first kappa shape index (κ1) is 21.4. The molecule has 0 unspecified atom stereocenters. The second kappa shape index (κ2) is 8.82. The van der Waals surface area contributed by atoms with Gasteiger partial charge in [-0.1, -0.05) is 6.07 Å². The van der Waals surface area contributed by atoms with Crippen LogP contribution >= 0.6 is 0 Å². The fourth-order valence-electron chi connectivity index (χ4n) is 3.77. The van der Waals surface area contributed by atoms with Crippen molar-refractivity contribution < 1.29 is 23.8 Å². The fraction of sp³-hybridized carbons (Fsp3) is 0.154. The van der Waals surface area contributed by atoms with Crippen LogP contribution in [0.25, 0.3) is 10.9 Å². The molecule has 3 aromatic carbocycles. The van der Waals surface area contributed by atoms with E-state index in [1.54, 1.807) is 43.5 Å². The number of nitrogens with one attached hydrogen (secondary N) is 3. The van der Waals surface area contributed by atoms with E-state index in [2.05, 4.69) is 15.6 Å². The molecule has 0 bridgehead atoms. The second-order valence-electron chi connectivity index (χ2n) is 7.93. The van der Waals surface area contributed by atoms with Crippen molar-refractivity contribution in [2.75, 3.05) is 31.0 Å². The number of benzene rings is 3. The Morgan fingerprint density at radius 2 is 1.71 bits per heavy atom. The van der Waals surface area contributed by atoms with Crippen molar-refractivity contribution in [1.82, 2.24) is 4.98 Å². The van der Waals surface area contributed by atoms with Crippen LogP contribution in [-0.4, -0.2) is 37.1 Å². The van der Waals surface area contributed by atoms with E-state index in [0.29, 0.717) is 47.3 Å². The van der Waals surface area contributed by atoms with Crippen LogP contribution in [0.5, 0.6) is 17.2 Å². The van der Waals surface area contributed by atoms with E-state index in [9.17, 15) is 9.59 Å². The van der Waals surface area contributed by atoms with Crippen LogP contribution < -0.4 is 24.8 Å². The summed E-state index contributed by atoms with van der Waals surface area (Å²) in [5, 5.41) is 6.67. The molecule has 172 valence electrons. The van der Waals surface area contributed by atoms with Crippen LogP contribution in [-0.2, 0) is 0 Å². The number of H-pyrrole nitrogens is 1. The monoisotopic (exact) mass is 457 g/mol. The average molecular weight is 457 g/mol. The molecule has 2 amide bonds. The number of fused-ring (bicyclic) bond motifs is 2. The quantitative estimate of drug-likeness (QED) is 0.401. The van der Waals surface area contributed by atoms with Crippen LogP contribution in [0.4, 0.5) is 11.4 Å². The number of ether oxygens (including phenoxy) is 3. The van der Waals surface area contributed by atoms with Crippen LogP contribution in [0.1, 0.15) is 26.4 Å². The Labute approximate surface area is 195 Å². The second-order valence-corrected chi connectivity index (χ2v) is 7.93. The van der Waals surface area contributed by atoms with Gasteiger partial charge >= 0.3 is 0 Å². The molecule has 34 heavy (non-hydrogen) atoms. The van der Waals surface area contributed by atoms with Gasteiger partial charge in [-0.3, -0.25) is 9.59 Å². The molecule has 8 nitrogen and oxygen atoms in total. The molecule has 1 aliphatic rings. The van der Waals surface area contributed by atoms with Crippen molar-refractivity contribution in [2.24, 2.45) is 0 Å². The van der Waals surface area contributed by atoms with E-state index in [-0.39, 0.29) is 11.8 Å². The zero-order valence-electron chi connectivity index (χ0n) is 18.7. The largest absolute Gasteiger partial charge is 0.497 e. The first-order valence-electron chi connectivity index (χ1n) is 10.8. The Morgan fingerprint density at radius 1 is 0.882 bits per heavy atom. The lowest BCUT2D eigenvalue weighted by molar-refractivity contribution is 0.101. The number of carbonyl (C=O) groups excluding carboxylic acids is 2. The third kappa shape index (κ3) is 4.25. The van der Waals surface area contributed by atoms with E-state index < -0.39 is 0 Å². The molecule has 1 aliphatic heterocycles. The van der Waals surface area contributed by atoms with Gasteiger partial charge in [0.15, 0.2) is 11.5 Å². The smallest absolute Gasteiger partial charge is 0.272 e. The minimum Gasteiger partial charge on any atom is -0.497 e. The van der Waals surface area contributed by atoms with E-state index in [1.165, 1.54) is 0 Å². The summed E-state index contributed by atoms with van der Waals surface area (Å²) < 4.78 is 16.3. The summed E-state index contributed by atoms with van der Waals surface area (Å²) in [7, 11) is 1.60. The number of hydrogen-bond acceptors (Lipinski definition) is 5. The highest BCUT2D eigenvalue weighted by atomic mass is 16.6. The van der Waals surface area contributed by atoms with Gasteiger partial charge in [0.2, 0.25) is 0 Å². The van der Waals surface area contributed by atoms with Gasteiger partial charge in [0.25, 0.3) is 11.8 Å². The van der Waals surface area contributed by atoms with Crippen molar-refractivity contribution in [1.29, 1.82) is 0 Å². The number of aryl methyl sites for hydroxylation is 1. The summed E-state index contributed by atoms with van der Waals surface area (Å²) in [4.78, 5) is 28.8. The molecular weight excluding hydrogens is 434 g/mol. The number of carbonyl (C=O) groups is 2. The van der Waals surface area contributed by atoms with Gasteiger partial charge in [0.05, 0.1) is 7.11 Å². The SMILES string of the molecule is COc1ccc2[nH]c(C(=O)Nc3cc(NC(=O)c4ccc5c(c4)OCCO5)ccc3C)cc2c1. The predicted molar refractivity (Wildman–Crippen MR) is 129 cm³/mol. The van der Waals surface area contributed by atoms with Crippen molar-refractivity contribution in [2.45, 2.75) is 6.92 Å². The van der Waals surface area contributed by atoms with Crippen LogP contribution in [0, 0.1) is 6.92 Å². The summed E-state index contributed by atoms with van der Waals surface area (Å²) in [5.41, 5.74) is 3.73. The lowest BCUT2D eigenvalue weighted by Crippen LogP contribution is -2.17. The lowest BCUT2D eigenvalue weighted by atomic mass is 10.1. The van der Waals surface area contributed by atoms with Gasteiger partial charge in [-0.2, -0.15) is 0 Å². The molecule has 3 N–H and O–H groups in total. The van der Waals surface area contributed by atoms with Gasteiger partial charge in [0, 0.05) is 27.8 Å². The van der Waals surface area contributed by atoms with Crippen LogP contribution in [0.3, 0.4) is 0 Å². The minimum atomic E-state index is -0.289. The van der Waals surface area contributed by atoms with Crippen molar-refractivity contribution >= 4 is 34.1 Å². The van der Waals surface area contributed by atoms with Gasteiger partial charge in [0.1, 0.15) is 24.7 Å². The molecule has 0 atom stereocenters. The topological polar surface area (TPSA) is 102 Å². The highest BCUT2D eigenvalue weighted by molar-refractivity contribution is 6.08. The van der Waals surface area contributed by atoms with Gasteiger partial charge < -0.3 is 29.8 Å². The fourth-order valence-corrected chi connectivity index (χ4v) is 3.77. The molecule has 0 fully saturated rings. The summed E-state index contributed by atoms with van der Waals surface area (Å²) in [5.74, 6) is 1.32. The number of rotatable bonds is 5. The molecule has 0 saturated heterocycles. The van der Waals surface area contributed by atoms with Gasteiger partial charge in [-0.25, -0.2) is 0 Å². The summed E-state index contributed by atoms with van der Waals surface area (Å²) in [6, 6.07) is 17.8. The summed E-state index contributed by atoms with van der Waals surface area (Å²) in [6.45, 7) is 2.82. The number of aromatic amines is 1. The first-order chi connectivity index (χ1) is 16.5. The third-order valence-electron chi connectivity index (χ3n) is 5.62. The molecule has 2 heterocycles. The summed E-state index contributed by atoms with van der Waals surface area (Å²) >= 11 is 0. The Morgan fingerprint density at radius 3 is 2.53 bits per heavy atom. The first-order valence-corrected chi connectivity index (χ1v) is 10.8. The molecule has 8 heteroatoms. The average Bonchev–Trinajstić information content (AvgIpc) is 3.29. The number of amides is 2. The number of methoxy groups -OCH3 is 1. The molecule has 5 rings (SSSR count). The summed E-state index contributed by atoms with van der Waals surface area (Å²) in [6.07, 6.45) is 0. The van der Waals surface area contributed by atoms with Gasteiger partial charge in [-0.05, 0) is 67.1 Å². The molecule has 0 saturated carbocycles. The van der Waals surface area contributed by atoms with Crippen molar-refractivity contribution in [3.63, 3.8) is 0 Å². The maximum Gasteiger partial charge on any atom is 0.272 e. The normalized spacial score (nSPS) is 12.3. The Kier molecular flexibility index (Phi) is 5.55. The Bertz CT molecular complexity index is 1410. The zero-order chi connectivity index (χ0) is 23.7. The van der Waals surface area contributed by atoms with Gasteiger partial charge in [-0.15, -0.1) is 0 Å². The van der Waals surface area contributed by atoms with Crippen LogP contribution in [0.15, 0.2) is 60.7 Å². The maximum absolute atomic E-state index is 12.9. The van der Waals surface area contributed by atoms with E-state index in [1.807, 2.05) is 31.2 Å². The van der Waals surface area contributed by atoms with Crippen molar-refractivity contribution in [3.8, 4) is 17.2 Å². The lowest BCUT2D eigenvalue weighted by Gasteiger charge is -2.18. The zero-order valence-corrected chi connectivity index (χ0v) is 18.7. The standard InChI is InChI=1S/C26H23N3O5/c1-15-3-5-18(27-25(30)16-4-8-23-24(13-16)34-10-9-33-23)14-21(15)29-26(31)22-12-17-11-19(32-2)6-7-20(17)28-22/h3-8,11-14,28H,9-10H2,1-2H3,(H,27,30)(H,29,31). The van der Waals surface area contributed by atoms with E-state index in [4.69, 9.17) is 14.2 Å². The number of anilines is 2. The highest BCUT2D eigenvalue weighted by Gasteiger charge is 2.16. The molecule has 0 aliphatic carbocycles. The molecule has 1 aromatic heterocycles. The molecule has 4 aromatic rings. The van der Waals surface area contributed by atoms with Crippen molar-refractivity contribution in [3.05, 3.63) is 77.5 Å². The molecular formula is C26H23N3O5. The Hall–Kier alpha value is -4.46. The maximum atomic E-state index is 12.9. The third-order valence-corrected chi connectivity index (χ3v) is 5.62. The Balaban J connectivity index is 1.32. The predicted octanol–water partition coefficient (Wildman–Crippen LogP) is 4.76.